The highest BCUT2D eigenvalue weighted by Crippen LogP contribution is 2.87. The summed E-state index contributed by atoms with van der Waals surface area (Å²) < 4.78 is 22.8. The van der Waals surface area contributed by atoms with Gasteiger partial charge in [0.15, 0.2) is 17.7 Å². The molecule has 0 N–H and O–H groups in total. The predicted molar refractivity (Wildman–Crippen MR) is 192 cm³/mol. The Bertz CT molecular complexity index is 1550. The molecule has 0 saturated heterocycles. The van der Waals surface area contributed by atoms with Gasteiger partial charge in [-0.15, -0.1) is 0 Å². The summed E-state index contributed by atoms with van der Waals surface area (Å²) in [5.74, 6) is -3.29. The van der Waals surface area contributed by atoms with E-state index in [0.717, 1.165) is 32.1 Å². The molecule has 2 unspecified atom stereocenters. The monoisotopic (exact) mass is 724 g/mol. The van der Waals surface area contributed by atoms with E-state index in [-0.39, 0.29) is 58.9 Å². The van der Waals surface area contributed by atoms with Crippen LogP contribution < -0.4 is 0 Å². The number of hydrogen-bond donors (Lipinski definition) is 0. The zero-order valence-corrected chi connectivity index (χ0v) is 32.9. The van der Waals surface area contributed by atoms with Gasteiger partial charge in [0.25, 0.3) is 0 Å². The highest BCUT2D eigenvalue weighted by molar-refractivity contribution is 6.00. The molecule has 4 saturated carbocycles. The third-order valence-corrected chi connectivity index (χ3v) is 14.3. The van der Waals surface area contributed by atoms with Gasteiger partial charge in [0.1, 0.15) is 11.7 Å². The minimum Gasteiger partial charge on any atom is -0.465 e. The maximum Gasteiger partial charge on any atom is 0.307 e. The van der Waals surface area contributed by atoms with Gasteiger partial charge in [-0.3, -0.25) is 28.8 Å². The van der Waals surface area contributed by atoms with Gasteiger partial charge in [0.2, 0.25) is 0 Å². The van der Waals surface area contributed by atoms with Crippen LogP contribution in [0.15, 0.2) is 24.3 Å². The molecule has 0 bridgehead atoms. The molecule has 10 heteroatoms. The van der Waals surface area contributed by atoms with Crippen LogP contribution in [0.3, 0.4) is 0 Å². The summed E-state index contributed by atoms with van der Waals surface area (Å²) in [6.45, 7) is 22.2. The van der Waals surface area contributed by atoms with Crippen LogP contribution in [0, 0.1) is 57.2 Å². The predicted octanol–water partition coefficient (Wildman–Crippen LogP) is 6.92. The van der Waals surface area contributed by atoms with E-state index in [9.17, 15) is 28.8 Å². The molecule has 0 heterocycles. The summed E-state index contributed by atoms with van der Waals surface area (Å²) in [6, 6.07) is 0. The highest BCUT2D eigenvalue weighted by Gasteiger charge is 2.81. The van der Waals surface area contributed by atoms with Crippen LogP contribution in [-0.2, 0) is 47.7 Å². The van der Waals surface area contributed by atoms with Gasteiger partial charge in [-0.25, -0.2) is 0 Å². The maximum atomic E-state index is 14.4. The first-order valence-corrected chi connectivity index (χ1v) is 19.2. The topological polar surface area (TPSA) is 139 Å². The summed E-state index contributed by atoms with van der Waals surface area (Å²) in [5.41, 5.74) is -1.16. The van der Waals surface area contributed by atoms with E-state index in [2.05, 4.69) is 33.4 Å². The van der Waals surface area contributed by atoms with Crippen molar-refractivity contribution < 1.29 is 47.7 Å². The lowest BCUT2D eigenvalue weighted by Crippen LogP contribution is -2.56. The summed E-state index contributed by atoms with van der Waals surface area (Å²) in [5, 5.41) is 0. The van der Waals surface area contributed by atoms with Crippen LogP contribution in [0.4, 0.5) is 0 Å². The molecule has 5 aliphatic rings. The zero-order valence-electron chi connectivity index (χ0n) is 32.9. The lowest BCUT2D eigenvalue weighted by molar-refractivity contribution is -0.169. The molecule has 288 valence electrons. The molecule has 5 aliphatic carbocycles. The number of hydrogen-bond acceptors (Lipinski definition) is 10. The van der Waals surface area contributed by atoms with Crippen LogP contribution in [0.1, 0.15) is 121 Å². The number of carbonyl (C=O) groups is 6. The molecule has 10 nitrogen and oxygen atoms in total. The van der Waals surface area contributed by atoms with Crippen molar-refractivity contribution in [1.29, 1.82) is 0 Å². The second-order valence-corrected chi connectivity index (χ2v) is 18.3. The Morgan fingerprint density at radius 1 is 0.962 bits per heavy atom. The smallest absolute Gasteiger partial charge is 0.307 e. The Morgan fingerprint density at radius 3 is 2.23 bits per heavy atom. The van der Waals surface area contributed by atoms with E-state index in [4.69, 9.17) is 18.9 Å². The Morgan fingerprint density at radius 2 is 1.62 bits per heavy atom. The second-order valence-electron chi connectivity index (χ2n) is 18.3. The number of allylic oxidation sites excluding steroid dienone is 2. The van der Waals surface area contributed by atoms with Crippen molar-refractivity contribution in [1.82, 2.24) is 0 Å². The molecule has 5 rings (SSSR count). The molecule has 4 fully saturated rings. The van der Waals surface area contributed by atoms with Gasteiger partial charge < -0.3 is 18.9 Å². The van der Waals surface area contributed by atoms with Crippen molar-refractivity contribution in [3.63, 3.8) is 0 Å². The number of Topliss-reactive ketones (excluding diaryl/α,β-unsaturated/α-hetero) is 1. The first-order valence-electron chi connectivity index (χ1n) is 19.2. The third-order valence-electron chi connectivity index (χ3n) is 14.3. The summed E-state index contributed by atoms with van der Waals surface area (Å²) in [4.78, 5) is 77.4. The summed E-state index contributed by atoms with van der Waals surface area (Å²) in [6.07, 6.45) is 7.13. The van der Waals surface area contributed by atoms with Gasteiger partial charge >= 0.3 is 23.9 Å². The minimum absolute atomic E-state index is 0.00435. The molecular weight excluding hydrogens is 664 g/mol. The highest BCUT2D eigenvalue weighted by atomic mass is 16.6. The third kappa shape index (κ3) is 6.69. The standard InChI is InChI=1S/C42H60O10/c1-23(21-49-27(5)43)24(2)36(48)37(51-33(46)14-15-34(47)52-38(7,8)9)26(4)35-31(50-28(6)44)20-40(11)32-13-12-29-25(3)30(45)16-17-41(29)22-42(32,41)19-18-39(35,40)10/h16-17,23,25-26,29,31-32,35,37H,2,12-15,18-22H2,1,3-11H3/t23-,25-,26-,29?,31-,32?,35-,37+,39+,40-,41+,42-/m0/s1. The minimum atomic E-state index is -1.28. The van der Waals surface area contributed by atoms with Crippen molar-refractivity contribution in [3.05, 3.63) is 24.3 Å². The summed E-state index contributed by atoms with van der Waals surface area (Å²) in [7, 11) is 0. The van der Waals surface area contributed by atoms with Gasteiger partial charge in [0, 0.05) is 37.5 Å². The Kier molecular flexibility index (Phi) is 10.6. The van der Waals surface area contributed by atoms with Crippen LogP contribution in [0.25, 0.3) is 0 Å². The van der Waals surface area contributed by atoms with E-state index in [1.54, 1.807) is 27.7 Å². The van der Waals surface area contributed by atoms with Crippen LogP contribution in [0.5, 0.6) is 0 Å². The lowest BCUT2D eigenvalue weighted by atomic mass is 9.43. The molecule has 0 aromatic heterocycles. The quantitative estimate of drug-likeness (QED) is 0.118. The Labute approximate surface area is 309 Å². The number of fused-ring (bicyclic) bond motifs is 2. The van der Waals surface area contributed by atoms with Crippen molar-refractivity contribution in [2.75, 3.05) is 6.61 Å². The molecule has 0 amide bonds. The zero-order chi connectivity index (χ0) is 38.8. The molecular formula is C42H60O10. The van der Waals surface area contributed by atoms with Crippen molar-refractivity contribution in [2.45, 2.75) is 138 Å². The fraction of sp³-hybridized carbons (Fsp3) is 0.762. The average Bonchev–Trinajstić information content (AvgIpc) is 3.65. The van der Waals surface area contributed by atoms with Crippen molar-refractivity contribution in [2.24, 2.45) is 57.2 Å². The molecule has 0 aliphatic heterocycles. The average molecular weight is 725 g/mol. The maximum absolute atomic E-state index is 14.4. The van der Waals surface area contributed by atoms with Gasteiger partial charge in [-0.05, 0) is 104 Å². The molecule has 0 aromatic carbocycles. The Balaban J connectivity index is 1.48. The largest absolute Gasteiger partial charge is 0.465 e. The van der Waals surface area contributed by atoms with Crippen molar-refractivity contribution >= 4 is 35.4 Å². The first-order chi connectivity index (χ1) is 24.0. The van der Waals surface area contributed by atoms with Crippen LogP contribution in [-0.4, -0.2) is 59.9 Å². The van der Waals surface area contributed by atoms with E-state index in [0.29, 0.717) is 18.3 Å². The fourth-order valence-corrected chi connectivity index (χ4v) is 11.8. The van der Waals surface area contributed by atoms with Crippen LogP contribution >= 0.6 is 0 Å². The number of ether oxygens (including phenoxy) is 4. The van der Waals surface area contributed by atoms with Gasteiger partial charge in [-0.1, -0.05) is 47.3 Å². The van der Waals surface area contributed by atoms with Gasteiger partial charge in [-0.2, -0.15) is 0 Å². The fourth-order valence-electron chi connectivity index (χ4n) is 11.8. The number of esters is 4. The van der Waals surface area contributed by atoms with Gasteiger partial charge in [0.05, 0.1) is 19.4 Å². The molecule has 52 heavy (non-hydrogen) atoms. The molecule has 12 atom stereocenters. The Hall–Kier alpha value is -3.30. The van der Waals surface area contributed by atoms with E-state index >= 15 is 0 Å². The van der Waals surface area contributed by atoms with E-state index < -0.39 is 64.7 Å². The SMILES string of the molecule is C=C(C(=O)[C@H](OC(=O)CCC(=O)OC(C)(C)C)[C@@H](C)[C@H]1[C@@H](OC(C)=O)C[C@@]2(C)C3CCC4[C@H](C)C(=O)C=C[C@@]45C[C@@]35CC[C@]12C)[C@@H](C)COC(C)=O. The lowest BCUT2D eigenvalue weighted by Gasteiger charge is -2.61. The first kappa shape index (κ1) is 39.9. The number of rotatable bonds is 12. The normalized spacial score (nSPS) is 37.5. The van der Waals surface area contributed by atoms with E-state index in [1.165, 1.54) is 13.8 Å². The van der Waals surface area contributed by atoms with E-state index in [1.807, 2.05) is 13.0 Å². The number of carbonyl (C=O) groups excluding carboxylic acids is 6. The second kappa shape index (κ2) is 13.8. The summed E-state index contributed by atoms with van der Waals surface area (Å²) >= 11 is 0. The molecule has 2 spiro atoms. The van der Waals surface area contributed by atoms with Crippen molar-refractivity contribution in [3.8, 4) is 0 Å². The van der Waals surface area contributed by atoms with Crippen LogP contribution in [0.2, 0.25) is 0 Å². The molecule has 0 radical (unpaired) electrons. The number of ketones is 2. The molecule has 0 aromatic rings.